The van der Waals surface area contributed by atoms with Crippen molar-refractivity contribution in [2.45, 2.75) is 38.6 Å². The van der Waals surface area contributed by atoms with Crippen LogP contribution < -0.4 is 0 Å². The van der Waals surface area contributed by atoms with Crippen molar-refractivity contribution in [1.29, 1.82) is 0 Å². The van der Waals surface area contributed by atoms with E-state index in [0.717, 1.165) is 32.2 Å². The molecule has 0 spiro atoms. The Morgan fingerprint density at radius 3 is 3.08 bits per heavy atom. The maximum absolute atomic E-state index is 11.1. The van der Waals surface area contributed by atoms with Gasteiger partial charge in [-0.3, -0.25) is 4.79 Å². The van der Waals surface area contributed by atoms with E-state index < -0.39 is 0 Å². The number of terminal acetylenes is 1. The standard InChI is InChI=1S/C10H15NO/c1-3-4-6-10-7-5-8-11(10)9(2)12/h1,10H,4-8H2,2H3. The van der Waals surface area contributed by atoms with Crippen molar-refractivity contribution in [1.82, 2.24) is 4.90 Å². The fraction of sp³-hybridized carbons (Fsp3) is 0.700. The number of nitrogens with zero attached hydrogens (tertiary/aromatic N) is 1. The molecule has 1 heterocycles. The quantitative estimate of drug-likeness (QED) is 0.566. The lowest BCUT2D eigenvalue weighted by atomic mass is 10.1. The molecule has 0 bridgehead atoms. The zero-order valence-corrected chi connectivity index (χ0v) is 7.55. The molecule has 0 aliphatic carbocycles. The maximum atomic E-state index is 11.1. The topological polar surface area (TPSA) is 20.3 Å². The van der Waals surface area contributed by atoms with Crippen LogP contribution in [0.3, 0.4) is 0 Å². The Morgan fingerprint density at radius 1 is 1.75 bits per heavy atom. The molecule has 1 aliphatic heterocycles. The fourth-order valence-electron chi connectivity index (χ4n) is 1.80. The summed E-state index contributed by atoms with van der Waals surface area (Å²) >= 11 is 0. The number of carbonyl (C=O) groups excluding carboxylic acids is 1. The molecule has 66 valence electrons. The molecule has 0 radical (unpaired) electrons. The Bertz CT molecular complexity index is 204. The molecule has 1 saturated heterocycles. The van der Waals surface area contributed by atoms with E-state index >= 15 is 0 Å². The number of amides is 1. The highest BCUT2D eigenvalue weighted by molar-refractivity contribution is 5.73. The minimum Gasteiger partial charge on any atom is -0.340 e. The van der Waals surface area contributed by atoms with Crippen molar-refractivity contribution in [2.24, 2.45) is 0 Å². The molecule has 0 N–H and O–H groups in total. The summed E-state index contributed by atoms with van der Waals surface area (Å²) in [6.07, 6.45) is 9.19. The molecule has 1 rings (SSSR count). The van der Waals surface area contributed by atoms with Gasteiger partial charge in [-0.15, -0.1) is 12.3 Å². The SMILES string of the molecule is C#CCCC1CCCN1C(C)=O. The molecule has 2 nitrogen and oxygen atoms in total. The zero-order valence-electron chi connectivity index (χ0n) is 7.55. The van der Waals surface area contributed by atoms with Gasteiger partial charge in [-0.05, 0) is 19.3 Å². The van der Waals surface area contributed by atoms with Gasteiger partial charge in [0.2, 0.25) is 5.91 Å². The van der Waals surface area contributed by atoms with Crippen LogP contribution in [0.25, 0.3) is 0 Å². The summed E-state index contributed by atoms with van der Waals surface area (Å²) in [7, 11) is 0. The molecule has 0 aromatic rings. The Kier molecular flexibility index (Phi) is 3.16. The van der Waals surface area contributed by atoms with Crippen LogP contribution in [0.1, 0.15) is 32.6 Å². The van der Waals surface area contributed by atoms with Gasteiger partial charge in [-0.2, -0.15) is 0 Å². The lowest BCUT2D eigenvalue weighted by Gasteiger charge is -2.22. The van der Waals surface area contributed by atoms with E-state index in [0.29, 0.717) is 6.04 Å². The van der Waals surface area contributed by atoms with E-state index in [9.17, 15) is 4.79 Å². The second-order valence-corrected chi connectivity index (χ2v) is 3.25. The van der Waals surface area contributed by atoms with Gasteiger partial charge in [0, 0.05) is 25.9 Å². The van der Waals surface area contributed by atoms with E-state index in [2.05, 4.69) is 5.92 Å². The third-order valence-corrected chi connectivity index (χ3v) is 2.40. The molecular formula is C10H15NO. The van der Waals surface area contributed by atoms with Crippen LogP contribution in [0.2, 0.25) is 0 Å². The Hall–Kier alpha value is -0.970. The number of likely N-dealkylation sites (tertiary alicyclic amines) is 1. The Balaban J connectivity index is 2.42. The van der Waals surface area contributed by atoms with Crippen molar-refractivity contribution in [2.75, 3.05) is 6.54 Å². The van der Waals surface area contributed by atoms with Gasteiger partial charge >= 0.3 is 0 Å². The van der Waals surface area contributed by atoms with E-state index in [4.69, 9.17) is 6.42 Å². The number of hydrogen-bond acceptors (Lipinski definition) is 1. The molecule has 2 heteroatoms. The van der Waals surface area contributed by atoms with Gasteiger partial charge in [0.25, 0.3) is 0 Å². The first-order chi connectivity index (χ1) is 5.75. The van der Waals surface area contributed by atoms with Crippen LogP contribution in [0, 0.1) is 12.3 Å². The minimum absolute atomic E-state index is 0.189. The minimum atomic E-state index is 0.189. The Labute approximate surface area is 73.9 Å². The summed E-state index contributed by atoms with van der Waals surface area (Å²) in [5.74, 6) is 2.81. The van der Waals surface area contributed by atoms with Crippen molar-refractivity contribution >= 4 is 5.91 Å². The van der Waals surface area contributed by atoms with Crippen molar-refractivity contribution < 1.29 is 4.79 Å². The van der Waals surface area contributed by atoms with Gasteiger partial charge in [0.05, 0.1) is 0 Å². The predicted octanol–water partition coefficient (Wildman–Crippen LogP) is 1.41. The van der Waals surface area contributed by atoms with Gasteiger partial charge in [0.1, 0.15) is 0 Å². The molecular weight excluding hydrogens is 150 g/mol. The predicted molar refractivity (Wildman–Crippen MR) is 48.5 cm³/mol. The van der Waals surface area contributed by atoms with Crippen LogP contribution in [0.5, 0.6) is 0 Å². The van der Waals surface area contributed by atoms with Crippen LogP contribution in [0.4, 0.5) is 0 Å². The van der Waals surface area contributed by atoms with Crippen LogP contribution >= 0.6 is 0 Å². The van der Waals surface area contributed by atoms with Crippen molar-refractivity contribution in [3.8, 4) is 12.3 Å². The summed E-state index contributed by atoms with van der Waals surface area (Å²) in [4.78, 5) is 13.0. The number of hydrogen-bond donors (Lipinski definition) is 0. The van der Waals surface area contributed by atoms with Gasteiger partial charge < -0.3 is 4.90 Å². The largest absolute Gasteiger partial charge is 0.340 e. The van der Waals surface area contributed by atoms with Gasteiger partial charge in [-0.25, -0.2) is 0 Å². The highest BCUT2D eigenvalue weighted by Gasteiger charge is 2.25. The van der Waals surface area contributed by atoms with Gasteiger partial charge in [0.15, 0.2) is 0 Å². The summed E-state index contributed by atoms with van der Waals surface area (Å²) in [5, 5.41) is 0. The van der Waals surface area contributed by atoms with Crippen molar-refractivity contribution in [3.05, 3.63) is 0 Å². The zero-order chi connectivity index (χ0) is 8.97. The first-order valence-electron chi connectivity index (χ1n) is 4.46. The van der Waals surface area contributed by atoms with Crippen LogP contribution in [-0.4, -0.2) is 23.4 Å². The second kappa shape index (κ2) is 4.15. The monoisotopic (exact) mass is 165 g/mol. The van der Waals surface area contributed by atoms with Crippen LogP contribution in [-0.2, 0) is 4.79 Å². The van der Waals surface area contributed by atoms with Crippen molar-refractivity contribution in [3.63, 3.8) is 0 Å². The summed E-state index contributed by atoms with van der Waals surface area (Å²) in [5.41, 5.74) is 0. The third-order valence-electron chi connectivity index (χ3n) is 2.40. The molecule has 1 amide bonds. The first-order valence-corrected chi connectivity index (χ1v) is 4.46. The number of rotatable bonds is 2. The average molecular weight is 165 g/mol. The lowest BCUT2D eigenvalue weighted by molar-refractivity contribution is -0.129. The van der Waals surface area contributed by atoms with Gasteiger partial charge in [-0.1, -0.05) is 0 Å². The molecule has 0 aromatic carbocycles. The van der Waals surface area contributed by atoms with E-state index in [1.54, 1.807) is 6.92 Å². The molecule has 1 unspecified atom stereocenters. The smallest absolute Gasteiger partial charge is 0.219 e. The molecule has 1 fully saturated rings. The third kappa shape index (κ3) is 2.01. The molecule has 1 aliphatic rings. The highest BCUT2D eigenvalue weighted by Crippen LogP contribution is 2.20. The lowest BCUT2D eigenvalue weighted by Crippen LogP contribution is -2.33. The Morgan fingerprint density at radius 2 is 2.50 bits per heavy atom. The summed E-state index contributed by atoms with van der Waals surface area (Å²) in [6.45, 7) is 2.55. The van der Waals surface area contributed by atoms with E-state index in [1.165, 1.54) is 0 Å². The fourth-order valence-corrected chi connectivity index (χ4v) is 1.80. The first kappa shape index (κ1) is 9.12. The molecule has 0 saturated carbocycles. The van der Waals surface area contributed by atoms with E-state index in [-0.39, 0.29) is 5.91 Å². The molecule has 1 atom stereocenters. The number of carbonyl (C=O) groups is 1. The molecule has 0 aromatic heterocycles. The van der Waals surface area contributed by atoms with Crippen LogP contribution in [0.15, 0.2) is 0 Å². The average Bonchev–Trinajstić information content (AvgIpc) is 2.48. The summed E-state index contributed by atoms with van der Waals surface area (Å²) < 4.78 is 0. The maximum Gasteiger partial charge on any atom is 0.219 e. The second-order valence-electron chi connectivity index (χ2n) is 3.25. The van der Waals surface area contributed by atoms with E-state index in [1.807, 2.05) is 4.90 Å². The highest BCUT2D eigenvalue weighted by atomic mass is 16.2. The summed E-state index contributed by atoms with van der Waals surface area (Å²) in [6, 6.07) is 0.415. The molecule has 12 heavy (non-hydrogen) atoms. The normalized spacial score (nSPS) is 22.3.